The smallest absolute Gasteiger partial charge is 0.289 e. The van der Waals surface area contributed by atoms with Gasteiger partial charge in [0.2, 0.25) is 0 Å². The van der Waals surface area contributed by atoms with E-state index >= 15 is 0 Å². The number of hydrogen-bond acceptors (Lipinski definition) is 3. The SMILES string of the molecule is CC1CCC2OC3=C(C(=O)C2C1)C(c1ccc(F)cc1)N(C)C3=O. The van der Waals surface area contributed by atoms with Crippen molar-refractivity contribution >= 4 is 11.7 Å². The van der Waals surface area contributed by atoms with E-state index in [1.54, 1.807) is 19.2 Å². The Morgan fingerprint density at radius 2 is 1.88 bits per heavy atom. The van der Waals surface area contributed by atoms with Gasteiger partial charge in [0.1, 0.15) is 11.9 Å². The summed E-state index contributed by atoms with van der Waals surface area (Å²) >= 11 is 0. The first kappa shape index (κ1) is 15.4. The molecule has 4 rings (SSSR count). The number of rotatable bonds is 1. The molecule has 0 aromatic heterocycles. The Bertz CT molecular complexity index is 739. The van der Waals surface area contributed by atoms with Gasteiger partial charge in [0, 0.05) is 7.05 Å². The highest BCUT2D eigenvalue weighted by atomic mass is 19.1. The van der Waals surface area contributed by atoms with Crippen LogP contribution < -0.4 is 0 Å². The number of fused-ring (bicyclic) bond motifs is 1. The summed E-state index contributed by atoms with van der Waals surface area (Å²) in [5.41, 5.74) is 1.18. The fraction of sp³-hybridized carbons (Fsp3) is 0.474. The van der Waals surface area contributed by atoms with Crippen molar-refractivity contribution in [3.05, 3.63) is 47.0 Å². The van der Waals surface area contributed by atoms with Crippen molar-refractivity contribution in [2.24, 2.45) is 11.8 Å². The minimum atomic E-state index is -0.487. The Balaban J connectivity index is 1.77. The number of nitrogens with zero attached hydrogens (tertiary/aromatic N) is 1. The molecule has 2 aliphatic heterocycles. The Morgan fingerprint density at radius 3 is 2.58 bits per heavy atom. The van der Waals surface area contributed by atoms with E-state index in [1.165, 1.54) is 17.0 Å². The van der Waals surface area contributed by atoms with Crippen molar-refractivity contribution in [1.29, 1.82) is 0 Å². The molecule has 1 aromatic rings. The van der Waals surface area contributed by atoms with Gasteiger partial charge in [0.25, 0.3) is 5.91 Å². The molecule has 5 heteroatoms. The fourth-order valence-corrected chi connectivity index (χ4v) is 4.23. The number of halogens is 1. The molecular weight excluding hydrogens is 309 g/mol. The third-order valence-corrected chi connectivity index (χ3v) is 5.53. The molecule has 0 bridgehead atoms. The van der Waals surface area contributed by atoms with Crippen molar-refractivity contribution in [3.63, 3.8) is 0 Å². The first-order valence-electron chi connectivity index (χ1n) is 8.45. The van der Waals surface area contributed by atoms with Crippen molar-refractivity contribution in [1.82, 2.24) is 4.90 Å². The van der Waals surface area contributed by atoms with E-state index in [-0.39, 0.29) is 35.3 Å². The lowest BCUT2D eigenvalue weighted by Gasteiger charge is -2.37. The number of ketones is 1. The zero-order chi connectivity index (χ0) is 17.0. The molecule has 1 aromatic carbocycles. The zero-order valence-electron chi connectivity index (χ0n) is 13.8. The predicted molar refractivity (Wildman–Crippen MR) is 85.3 cm³/mol. The number of hydrogen-bond donors (Lipinski definition) is 0. The average molecular weight is 329 g/mol. The van der Waals surface area contributed by atoms with Gasteiger partial charge in [-0.05, 0) is 42.9 Å². The van der Waals surface area contributed by atoms with Crippen LogP contribution in [0, 0.1) is 17.7 Å². The Labute approximate surface area is 140 Å². The maximum absolute atomic E-state index is 13.2. The number of amides is 1. The molecule has 4 nitrogen and oxygen atoms in total. The number of carbonyl (C=O) groups excluding carboxylic acids is 2. The molecule has 1 aliphatic carbocycles. The lowest BCUT2D eigenvalue weighted by Crippen LogP contribution is -2.41. The van der Waals surface area contributed by atoms with Crippen LogP contribution >= 0.6 is 0 Å². The van der Waals surface area contributed by atoms with Gasteiger partial charge in [0.05, 0.1) is 17.5 Å². The first-order valence-corrected chi connectivity index (χ1v) is 8.45. The van der Waals surface area contributed by atoms with Crippen LogP contribution in [0.3, 0.4) is 0 Å². The third kappa shape index (κ3) is 2.18. The Kier molecular flexibility index (Phi) is 3.48. The maximum Gasteiger partial charge on any atom is 0.289 e. The summed E-state index contributed by atoms with van der Waals surface area (Å²) < 4.78 is 19.2. The van der Waals surface area contributed by atoms with E-state index in [2.05, 4.69) is 6.92 Å². The topological polar surface area (TPSA) is 46.6 Å². The van der Waals surface area contributed by atoms with Crippen LogP contribution in [0.15, 0.2) is 35.6 Å². The van der Waals surface area contributed by atoms with Gasteiger partial charge in [-0.15, -0.1) is 0 Å². The number of carbonyl (C=O) groups is 2. The van der Waals surface area contributed by atoms with Gasteiger partial charge in [0.15, 0.2) is 11.5 Å². The normalized spacial score (nSPS) is 32.5. The lowest BCUT2D eigenvalue weighted by atomic mass is 9.74. The summed E-state index contributed by atoms with van der Waals surface area (Å²) in [6, 6.07) is 5.47. The summed E-state index contributed by atoms with van der Waals surface area (Å²) in [4.78, 5) is 27.3. The van der Waals surface area contributed by atoms with Crippen LogP contribution in [0.1, 0.15) is 37.8 Å². The molecule has 0 N–H and O–H groups in total. The third-order valence-electron chi connectivity index (χ3n) is 5.53. The highest BCUT2D eigenvalue weighted by molar-refractivity contribution is 6.11. The van der Waals surface area contributed by atoms with Gasteiger partial charge >= 0.3 is 0 Å². The van der Waals surface area contributed by atoms with Gasteiger partial charge in [-0.3, -0.25) is 9.59 Å². The number of benzene rings is 1. The summed E-state index contributed by atoms with van der Waals surface area (Å²) in [6.45, 7) is 2.15. The maximum atomic E-state index is 13.2. The number of likely N-dealkylation sites (N-methyl/N-ethyl adjacent to an activating group) is 1. The predicted octanol–water partition coefficient (Wildman–Crippen LogP) is 3.00. The summed E-state index contributed by atoms with van der Waals surface area (Å²) in [5, 5.41) is 0. The van der Waals surface area contributed by atoms with E-state index in [0.29, 0.717) is 11.5 Å². The van der Waals surface area contributed by atoms with Gasteiger partial charge in [-0.2, -0.15) is 0 Å². The molecule has 1 amide bonds. The molecule has 1 fully saturated rings. The van der Waals surface area contributed by atoms with Crippen LogP contribution in [0.25, 0.3) is 0 Å². The quantitative estimate of drug-likeness (QED) is 0.796. The van der Waals surface area contributed by atoms with E-state index in [0.717, 1.165) is 24.8 Å². The van der Waals surface area contributed by atoms with E-state index in [9.17, 15) is 14.0 Å². The van der Waals surface area contributed by atoms with E-state index in [1.807, 2.05) is 0 Å². The average Bonchev–Trinajstić information content (AvgIpc) is 2.82. The summed E-state index contributed by atoms with van der Waals surface area (Å²) in [5.74, 6) is -0.0562. The molecule has 126 valence electrons. The molecule has 0 spiro atoms. The fourth-order valence-electron chi connectivity index (χ4n) is 4.23. The van der Waals surface area contributed by atoms with Gasteiger partial charge in [-0.1, -0.05) is 19.1 Å². The van der Waals surface area contributed by atoms with Crippen molar-refractivity contribution < 1.29 is 18.7 Å². The second kappa shape index (κ2) is 5.43. The Hall–Kier alpha value is -2.17. The van der Waals surface area contributed by atoms with Crippen LogP contribution in [-0.4, -0.2) is 29.7 Å². The van der Waals surface area contributed by atoms with Crippen LogP contribution in [-0.2, 0) is 14.3 Å². The van der Waals surface area contributed by atoms with E-state index in [4.69, 9.17) is 4.74 Å². The number of ether oxygens (including phenoxy) is 1. The second-order valence-corrected chi connectivity index (χ2v) is 7.16. The molecule has 1 saturated carbocycles. The zero-order valence-corrected chi connectivity index (χ0v) is 13.8. The second-order valence-electron chi connectivity index (χ2n) is 7.16. The van der Waals surface area contributed by atoms with Crippen molar-refractivity contribution in [2.45, 2.75) is 38.3 Å². The number of Topliss-reactive ketones (excluding diaryl/α,β-unsaturated/α-hetero) is 1. The van der Waals surface area contributed by atoms with Crippen LogP contribution in [0.5, 0.6) is 0 Å². The van der Waals surface area contributed by atoms with Crippen molar-refractivity contribution in [2.75, 3.05) is 7.05 Å². The molecule has 0 saturated heterocycles. The van der Waals surface area contributed by atoms with Gasteiger partial charge in [-0.25, -0.2) is 4.39 Å². The highest BCUT2D eigenvalue weighted by Gasteiger charge is 2.51. The molecule has 2 heterocycles. The molecule has 4 atom stereocenters. The van der Waals surface area contributed by atoms with Crippen molar-refractivity contribution in [3.8, 4) is 0 Å². The monoisotopic (exact) mass is 329 g/mol. The molecule has 24 heavy (non-hydrogen) atoms. The standard InChI is InChI=1S/C19H20FNO3/c1-10-3-8-14-13(9-10)17(22)15-16(11-4-6-12(20)7-5-11)21(2)19(23)18(15)24-14/h4-7,10,13-14,16H,3,8-9H2,1-2H3. The minimum absolute atomic E-state index is 0.0276. The van der Waals surface area contributed by atoms with E-state index < -0.39 is 6.04 Å². The Morgan fingerprint density at radius 1 is 1.17 bits per heavy atom. The summed E-state index contributed by atoms with van der Waals surface area (Å²) in [6.07, 6.45) is 2.44. The minimum Gasteiger partial charge on any atom is -0.483 e. The lowest BCUT2D eigenvalue weighted by molar-refractivity contribution is -0.135. The molecule has 4 unspecified atom stereocenters. The highest BCUT2D eigenvalue weighted by Crippen LogP contribution is 2.46. The molecule has 3 aliphatic rings. The largest absolute Gasteiger partial charge is 0.483 e. The molecule has 0 radical (unpaired) electrons. The summed E-state index contributed by atoms with van der Waals surface area (Å²) in [7, 11) is 1.66. The molecular formula is C19H20FNO3. The van der Waals surface area contributed by atoms with Crippen LogP contribution in [0.4, 0.5) is 4.39 Å². The first-order chi connectivity index (χ1) is 11.5. The van der Waals surface area contributed by atoms with Crippen LogP contribution in [0.2, 0.25) is 0 Å². The van der Waals surface area contributed by atoms with Gasteiger partial charge < -0.3 is 9.64 Å².